The Hall–Kier alpha value is -1.55. The minimum Gasteiger partial charge on any atom is -0.336 e. The molecule has 5 heteroatoms. The van der Waals surface area contributed by atoms with Crippen LogP contribution in [0.5, 0.6) is 0 Å². The third kappa shape index (κ3) is 4.40. The Morgan fingerprint density at radius 3 is 2.08 bits per heavy atom. The smallest absolute Gasteiger partial charge is 0.253 e. The first-order valence-corrected chi connectivity index (χ1v) is 9.60. The second-order valence-corrected chi connectivity index (χ2v) is 8.56. The summed E-state index contributed by atoms with van der Waals surface area (Å²) < 4.78 is 0. The molecule has 0 unspecified atom stereocenters. The summed E-state index contributed by atoms with van der Waals surface area (Å²) in [5.74, 6) is 0.0773. The zero-order chi connectivity index (χ0) is 18.9. The predicted octanol–water partition coefficient (Wildman–Crippen LogP) is 5.22. The summed E-state index contributed by atoms with van der Waals surface area (Å²) in [4.78, 5) is 17.3. The number of piperazine rings is 1. The van der Waals surface area contributed by atoms with Crippen LogP contribution in [-0.2, 0) is 0 Å². The first-order chi connectivity index (χ1) is 12.2. The van der Waals surface area contributed by atoms with Crippen molar-refractivity contribution in [2.24, 2.45) is 0 Å². The minimum absolute atomic E-state index is 0.0773. The van der Waals surface area contributed by atoms with Gasteiger partial charge in [0.1, 0.15) is 0 Å². The van der Waals surface area contributed by atoms with Crippen molar-refractivity contribution in [3.8, 4) is 11.1 Å². The number of hydrogen-bond donors (Lipinski definition) is 0. The first-order valence-electron chi connectivity index (χ1n) is 8.85. The van der Waals surface area contributed by atoms with Crippen molar-refractivity contribution >= 4 is 29.1 Å². The molecule has 0 saturated carbocycles. The monoisotopic (exact) mass is 390 g/mol. The molecular weight excluding hydrogens is 367 g/mol. The van der Waals surface area contributed by atoms with E-state index in [9.17, 15) is 4.79 Å². The van der Waals surface area contributed by atoms with Crippen LogP contribution in [0.15, 0.2) is 42.5 Å². The zero-order valence-electron chi connectivity index (χ0n) is 15.4. The molecule has 1 amide bonds. The maximum absolute atomic E-state index is 12.9. The Bertz CT molecular complexity index is 786. The van der Waals surface area contributed by atoms with E-state index in [2.05, 4.69) is 25.7 Å². The molecule has 1 fully saturated rings. The molecule has 2 aromatic rings. The normalized spacial score (nSPS) is 16.0. The van der Waals surface area contributed by atoms with E-state index in [0.29, 0.717) is 15.6 Å². The number of hydrogen-bond acceptors (Lipinski definition) is 2. The van der Waals surface area contributed by atoms with Gasteiger partial charge in [-0.15, -0.1) is 0 Å². The van der Waals surface area contributed by atoms with Crippen LogP contribution in [0.4, 0.5) is 0 Å². The van der Waals surface area contributed by atoms with Gasteiger partial charge in [0.15, 0.2) is 0 Å². The van der Waals surface area contributed by atoms with Crippen LogP contribution in [0, 0.1) is 0 Å². The number of carbonyl (C=O) groups excluding carboxylic acids is 1. The third-order valence-corrected chi connectivity index (χ3v) is 5.26. The van der Waals surface area contributed by atoms with E-state index >= 15 is 0 Å². The van der Waals surface area contributed by atoms with Gasteiger partial charge in [0, 0.05) is 47.3 Å². The van der Waals surface area contributed by atoms with Crippen molar-refractivity contribution in [1.29, 1.82) is 0 Å². The first kappa shape index (κ1) is 19.2. The van der Waals surface area contributed by atoms with Crippen LogP contribution in [-0.4, -0.2) is 47.4 Å². The molecule has 0 atom stereocenters. The number of halogens is 2. The van der Waals surface area contributed by atoms with E-state index < -0.39 is 0 Å². The molecule has 0 N–H and O–H groups in total. The lowest BCUT2D eigenvalue weighted by atomic mass is 10.0. The van der Waals surface area contributed by atoms with E-state index in [0.717, 1.165) is 37.3 Å². The quantitative estimate of drug-likeness (QED) is 0.701. The fourth-order valence-electron chi connectivity index (χ4n) is 3.32. The number of rotatable bonds is 2. The van der Waals surface area contributed by atoms with Crippen LogP contribution < -0.4 is 0 Å². The average Bonchev–Trinajstić information content (AvgIpc) is 2.60. The van der Waals surface area contributed by atoms with E-state index in [1.807, 2.05) is 41.3 Å². The molecule has 1 heterocycles. The number of nitrogens with zero attached hydrogens (tertiary/aromatic N) is 2. The largest absolute Gasteiger partial charge is 0.336 e. The number of benzene rings is 2. The van der Waals surface area contributed by atoms with E-state index in [1.54, 1.807) is 6.07 Å². The lowest BCUT2D eigenvalue weighted by Crippen LogP contribution is -2.54. The van der Waals surface area contributed by atoms with Crippen molar-refractivity contribution < 1.29 is 4.79 Å². The molecule has 1 saturated heterocycles. The average molecular weight is 391 g/mol. The molecule has 1 aliphatic heterocycles. The van der Waals surface area contributed by atoms with Gasteiger partial charge in [-0.25, -0.2) is 0 Å². The second kappa shape index (κ2) is 7.59. The Morgan fingerprint density at radius 1 is 0.885 bits per heavy atom. The highest BCUT2D eigenvalue weighted by atomic mass is 35.5. The SMILES string of the molecule is CC(C)(C)N1CCN(C(=O)c2cccc(-c3cc(Cl)cc(Cl)c3)c2)CC1. The summed E-state index contributed by atoms with van der Waals surface area (Å²) in [5.41, 5.74) is 2.69. The van der Waals surface area contributed by atoms with Gasteiger partial charge in [-0.05, 0) is 62.2 Å². The van der Waals surface area contributed by atoms with Crippen LogP contribution in [0.2, 0.25) is 10.0 Å². The van der Waals surface area contributed by atoms with Gasteiger partial charge in [-0.2, -0.15) is 0 Å². The van der Waals surface area contributed by atoms with Gasteiger partial charge in [0.25, 0.3) is 5.91 Å². The van der Waals surface area contributed by atoms with Crippen LogP contribution in [0.1, 0.15) is 31.1 Å². The van der Waals surface area contributed by atoms with Crippen molar-refractivity contribution in [3.63, 3.8) is 0 Å². The van der Waals surface area contributed by atoms with Crippen molar-refractivity contribution in [2.75, 3.05) is 26.2 Å². The van der Waals surface area contributed by atoms with Gasteiger partial charge in [0.05, 0.1) is 0 Å². The van der Waals surface area contributed by atoms with Gasteiger partial charge in [-0.3, -0.25) is 9.69 Å². The van der Waals surface area contributed by atoms with Gasteiger partial charge in [-0.1, -0.05) is 35.3 Å². The molecule has 3 rings (SSSR count). The molecule has 26 heavy (non-hydrogen) atoms. The molecule has 0 radical (unpaired) electrons. The van der Waals surface area contributed by atoms with Crippen molar-refractivity contribution in [3.05, 3.63) is 58.1 Å². The van der Waals surface area contributed by atoms with Gasteiger partial charge in [0.2, 0.25) is 0 Å². The lowest BCUT2D eigenvalue weighted by Gasteiger charge is -2.42. The standard InChI is InChI=1S/C21H24Cl2N2O/c1-21(2,3)25-9-7-24(8-10-25)20(26)16-6-4-5-15(11-16)17-12-18(22)14-19(23)13-17/h4-6,11-14H,7-10H2,1-3H3. The topological polar surface area (TPSA) is 23.6 Å². The Morgan fingerprint density at radius 2 is 1.50 bits per heavy atom. The van der Waals surface area contributed by atoms with E-state index in [4.69, 9.17) is 23.2 Å². The Balaban J connectivity index is 1.77. The van der Waals surface area contributed by atoms with Gasteiger partial charge >= 0.3 is 0 Å². The highest BCUT2D eigenvalue weighted by molar-refractivity contribution is 6.35. The van der Waals surface area contributed by atoms with Crippen LogP contribution in [0.3, 0.4) is 0 Å². The summed E-state index contributed by atoms with van der Waals surface area (Å²) >= 11 is 12.2. The zero-order valence-corrected chi connectivity index (χ0v) is 16.9. The summed E-state index contributed by atoms with van der Waals surface area (Å²) in [6.45, 7) is 9.95. The van der Waals surface area contributed by atoms with Crippen LogP contribution in [0.25, 0.3) is 11.1 Å². The minimum atomic E-state index is 0.0773. The highest BCUT2D eigenvalue weighted by Crippen LogP contribution is 2.28. The number of carbonyl (C=O) groups is 1. The fourth-order valence-corrected chi connectivity index (χ4v) is 3.84. The van der Waals surface area contributed by atoms with Crippen LogP contribution >= 0.6 is 23.2 Å². The summed E-state index contributed by atoms with van der Waals surface area (Å²) in [7, 11) is 0. The molecule has 0 bridgehead atoms. The maximum Gasteiger partial charge on any atom is 0.253 e. The van der Waals surface area contributed by atoms with Crippen molar-refractivity contribution in [2.45, 2.75) is 26.3 Å². The maximum atomic E-state index is 12.9. The highest BCUT2D eigenvalue weighted by Gasteiger charge is 2.28. The molecule has 0 spiro atoms. The fraction of sp³-hybridized carbons (Fsp3) is 0.381. The Labute approximate surface area is 165 Å². The summed E-state index contributed by atoms with van der Waals surface area (Å²) in [6.07, 6.45) is 0. The molecule has 3 nitrogen and oxygen atoms in total. The molecule has 1 aliphatic rings. The molecular formula is C21H24Cl2N2O. The van der Waals surface area contributed by atoms with E-state index in [1.165, 1.54) is 0 Å². The predicted molar refractivity (Wildman–Crippen MR) is 109 cm³/mol. The lowest BCUT2D eigenvalue weighted by molar-refractivity contribution is 0.0451. The third-order valence-electron chi connectivity index (χ3n) is 4.82. The molecule has 0 aromatic heterocycles. The van der Waals surface area contributed by atoms with Crippen molar-refractivity contribution in [1.82, 2.24) is 9.80 Å². The summed E-state index contributed by atoms with van der Waals surface area (Å²) in [6, 6.07) is 13.1. The molecule has 2 aromatic carbocycles. The molecule has 138 valence electrons. The Kier molecular flexibility index (Phi) is 5.61. The summed E-state index contributed by atoms with van der Waals surface area (Å²) in [5, 5.41) is 1.17. The number of amides is 1. The molecule has 0 aliphatic carbocycles. The van der Waals surface area contributed by atoms with Gasteiger partial charge < -0.3 is 4.90 Å². The van der Waals surface area contributed by atoms with E-state index in [-0.39, 0.29) is 11.4 Å². The second-order valence-electron chi connectivity index (χ2n) is 7.69.